The van der Waals surface area contributed by atoms with Gasteiger partial charge in [-0.1, -0.05) is 68.3 Å². The summed E-state index contributed by atoms with van der Waals surface area (Å²) in [5.41, 5.74) is 25.6. The first-order valence-corrected chi connectivity index (χ1v) is 33.9. The fourth-order valence-electron chi connectivity index (χ4n) is 10.2. The van der Waals surface area contributed by atoms with Gasteiger partial charge in [0.15, 0.2) is 5.96 Å². The molecule has 1 aliphatic rings. The molecular weight excluding hydrogens is 1280 g/mol. The lowest BCUT2D eigenvalue weighted by Gasteiger charge is -2.28. The molecule has 3 heterocycles. The molecule has 11 amide bonds. The minimum atomic E-state index is -3.69. The number of carbonyl (C=O) groups is 11. The van der Waals surface area contributed by atoms with Crippen LogP contribution in [0.5, 0.6) is 0 Å². The second kappa shape index (κ2) is 41.4. The smallest absolute Gasteiger partial charge is 0.246 e. The third-order valence-corrected chi connectivity index (χ3v) is 16.3. The lowest BCUT2D eigenvalue weighted by atomic mass is 10.0. The van der Waals surface area contributed by atoms with Crippen molar-refractivity contribution in [1.82, 2.24) is 68.1 Å². The largest absolute Gasteiger partial charge is 0.377 e. The summed E-state index contributed by atoms with van der Waals surface area (Å²) in [5.74, 6) is -9.24. The van der Waals surface area contributed by atoms with Crippen molar-refractivity contribution < 1.29 is 70.6 Å². The Balaban J connectivity index is 1.37. The SMILES string of the molecule is CCCC[C@H](NC(=O)[C@H](Cc1cnc[nH]1)NC(=O)COCCOCCNC(=O)CCCS(N)(=O)=O)C(=O)N[C@H]1CCC(=O)NCCCC[C@@H](C(N)=O)NC(=O)[C@H](Cc2c[nH]c3ccccc23)NC(=O)[C@H](CCCN=C(N)N)NC(=O)[C@@H](Cc2ccccc2)NC(=O)[C@H](CN)NC1=O. The second-order valence-corrected chi connectivity index (χ2v) is 24.9. The van der Waals surface area contributed by atoms with Gasteiger partial charge < -0.3 is 95.5 Å². The predicted molar refractivity (Wildman–Crippen MR) is 356 cm³/mol. The number of unbranched alkanes of at least 4 members (excludes halogenated alkanes) is 1. The van der Waals surface area contributed by atoms with Gasteiger partial charge in [-0.3, -0.25) is 57.7 Å². The van der Waals surface area contributed by atoms with Gasteiger partial charge >= 0.3 is 0 Å². The molecular formula is C62H93N19O15S. The molecule has 0 saturated carbocycles. The van der Waals surface area contributed by atoms with Crippen molar-refractivity contribution in [3.63, 3.8) is 0 Å². The average Bonchev–Trinajstić information content (AvgIpc) is 1.74. The van der Waals surface area contributed by atoms with Gasteiger partial charge in [0.05, 0.1) is 31.9 Å². The summed E-state index contributed by atoms with van der Waals surface area (Å²) < 4.78 is 33.1. The van der Waals surface area contributed by atoms with Gasteiger partial charge in [-0.2, -0.15) is 0 Å². The molecule has 2 aromatic carbocycles. The molecule has 1 aliphatic heterocycles. The van der Waals surface area contributed by atoms with Gasteiger partial charge in [0, 0.05) is 87.3 Å². The van der Waals surface area contributed by atoms with Gasteiger partial charge in [-0.25, -0.2) is 18.5 Å². The number of aliphatic imine (C=N–C) groups is 1. The van der Waals surface area contributed by atoms with E-state index in [0.29, 0.717) is 29.7 Å². The van der Waals surface area contributed by atoms with E-state index < -0.39 is 131 Å². The molecule has 5 rings (SSSR count). The number of amides is 11. The number of hydrogen-bond acceptors (Lipinski definition) is 18. The number of hydrogen-bond donors (Lipinski definition) is 17. The van der Waals surface area contributed by atoms with Gasteiger partial charge in [0.25, 0.3) is 0 Å². The van der Waals surface area contributed by atoms with E-state index in [9.17, 15) is 61.2 Å². The maximum absolute atomic E-state index is 14.7. The number of rotatable bonds is 32. The molecule has 0 radical (unpaired) electrons. The molecule has 0 spiro atoms. The van der Waals surface area contributed by atoms with Crippen LogP contribution >= 0.6 is 0 Å². The highest BCUT2D eigenvalue weighted by Gasteiger charge is 2.36. The number of ether oxygens (including phenoxy) is 2. The van der Waals surface area contributed by atoms with Gasteiger partial charge in [-0.05, 0) is 68.6 Å². The number of guanidine groups is 1. The molecule has 8 atom stereocenters. The highest BCUT2D eigenvalue weighted by atomic mass is 32.2. The summed E-state index contributed by atoms with van der Waals surface area (Å²) in [5, 5.41) is 32.4. The first kappa shape index (κ1) is 78.1. The van der Waals surface area contributed by atoms with Crippen molar-refractivity contribution in [3.05, 3.63) is 90.1 Å². The highest BCUT2D eigenvalue weighted by Crippen LogP contribution is 2.20. The van der Waals surface area contributed by atoms with Crippen LogP contribution in [0.15, 0.2) is 78.3 Å². The summed E-state index contributed by atoms with van der Waals surface area (Å²) in [6, 6.07) is 4.48. The molecule has 97 heavy (non-hydrogen) atoms. The molecule has 532 valence electrons. The topological polar surface area (TPSA) is 548 Å². The number of nitrogens with zero attached hydrogens (tertiary/aromatic N) is 2. The molecule has 0 aliphatic carbocycles. The van der Waals surface area contributed by atoms with Crippen LogP contribution in [0.2, 0.25) is 0 Å². The van der Waals surface area contributed by atoms with Crippen LogP contribution in [-0.4, -0.2) is 201 Å². The molecule has 22 N–H and O–H groups in total. The van der Waals surface area contributed by atoms with Gasteiger partial charge in [0.1, 0.15) is 54.9 Å². The Morgan fingerprint density at radius 3 is 2.10 bits per heavy atom. The Bertz CT molecular complexity index is 3390. The first-order chi connectivity index (χ1) is 46.4. The van der Waals surface area contributed by atoms with Crippen LogP contribution in [0.3, 0.4) is 0 Å². The van der Waals surface area contributed by atoms with Crippen molar-refractivity contribution in [2.24, 2.45) is 33.1 Å². The van der Waals surface area contributed by atoms with Crippen molar-refractivity contribution in [1.29, 1.82) is 0 Å². The molecule has 1 fully saturated rings. The number of sulfonamides is 1. The average molecular weight is 1380 g/mol. The standard InChI is InChI=1S/C62H93N19O15S/c1-2-3-16-44(76-60(91)49(32-40-35-68-37-73-40)74-53(84)36-96-28-27-95-26-25-70-51(82)20-12-29-97(67,93)94)55(86)78-46-21-22-52(83)69-23-10-9-18-43(54(64)85)75-59(90)48(31-39-34-72-42-17-8-7-15-41(39)42)80-56(87)45(19-11-24-71-62(65)66)77-58(89)47(30-38-13-5-4-6-14-38)79-61(92)50(33-63)81-57(46)88/h4-8,13-15,17,34-35,37,43-50,72H,2-3,9-12,16,18-33,36,63H2,1H3,(H2,64,85)(H,68,73)(H,69,83)(H,70,82)(H,74,84)(H,75,90)(H,76,91)(H,77,89)(H,78,86)(H,79,92)(H,80,87)(H,81,88)(H4,65,66,71)(H2,67,93,94)/t43-,44-,45-,46-,47+,48-,49-,50-/m0/s1. The van der Waals surface area contributed by atoms with Crippen LogP contribution in [0.25, 0.3) is 10.9 Å². The number of fused-ring (bicyclic) bond motifs is 1. The third kappa shape index (κ3) is 29.1. The zero-order valence-corrected chi connectivity index (χ0v) is 55.1. The number of H-pyrrole nitrogens is 2. The zero-order chi connectivity index (χ0) is 70.7. The Morgan fingerprint density at radius 2 is 1.40 bits per heavy atom. The van der Waals surface area contributed by atoms with Crippen molar-refractivity contribution >= 4 is 91.9 Å². The van der Waals surface area contributed by atoms with Crippen LogP contribution in [0.1, 0.15) is 101 Å². The summed E-state index contributed by atoms with van der Waals surface area (Å²) in [4.78, 5) is 167. The first-order valence-electron chi connectivity index (χ1n) is 32.2. The van der Waals surface area contributed by atoms with E-state index in [1.807, 2.05) is 25.1 Å². The van der Waals surface area contributed by atoms with E-state index >= 15 is 0 Å². The summed E-state index contributed by atoms with van der Waals surface area (Å²) in [7, 11) is -3.69. The third-order valence-electron chi connectivity index (χ3n) is 15.4. The Kier molecular flexibility index (Phi) is 33.3. The van der Waals surface area contributed by atoms with Crippen molar-refractivity contribution in [2.75, 3.05) is 58.4 Å². The highest BCUT2D eigenvalue weighted by molar-refractivity contribution is 7.89. The number of benzene rings is 2. The summed E-state index contributed by atoms with van der Waals surface area (Å²) in [6.07, 6.45) is 4.89. The van der Waals surface area contributed by atoms with Crippen LogP contribution in [0.4, 0.5) is 0 Å². The second-order valence-electron chi connectivity index (χ2n) is 23.2. The zero-order valence-electron chi connectivity index (χ0n) is 54.3. The fourth-order valence-corrected chi connectivity index (χ4v) is 10.8. The van der Waals surface area contributed by atoms with E-state index in [-0.39, 0.29) is 141 Å². The molecule has 2 aromatic heterocycles. The number of primary sulfonamides is 1. The van der Waals surface area contributed by atoms with E-state index in [4.69, 9.17) is 37.5 Å². The summed E-state index contributed by atoms with van der Waals surface area (Å²) >= 11 is 0. The van der Waals surface area contributed by atoms with Gasteiger partial charge in [0.2, 0.25) is 75.0 Å². The van der Waals surface area contributed by atoms with E-state index in [2.05, 4.69) is 73.1 Å². The Morgan fingerprint density at radius 1 is 0.722 bits per heavy atom. The molecule has 4 aromatic rings. The predicted octanol–water partition coefficient (Wildman–Crippen LogP) is -4.22. The number of nitrogens with two attached hydrogens (primary N) is 5. The normalized spacial score (nSPS) is 19.6. The van der Waals surface area contributed by atoms with Gasteiger partial charge in [-0.15, -0.1) is 0 Å². The molecule has 34 nitrogen and oxygen atoms in total. The number of para-hydroxylation sites is 1. The van der Waals surface area contributed by atoms with Crippen LogP contribution < -0.4 is 81.2 Å². The monoisotopic (exact) mass is 1380 g/mol. The number of aromatic amines is 2. The Labute approximate surface area is 561 Å². The van der Waals surface area contributed by atoms with Crippen LogP contribution in [0, 0.1) is 0 Å². The molecule has 0 bridgehead atoms. The molecule has 35 heteroatoms. The minimum absolute atomic E-state index is 0.0145. The lowest BCUT2D eigenvalue weighted by molar-refractivity contribution is -0.136. The number of carbonyl (C=O) groups excluding carboxylic acids is 11. The maximum Gasteiger partial charge on any atom is 0.246 e. The van der Waals surface area contributed by atoms with E-state index in [1.54, 1.807) is 42.6 Å². The summed E-state index contributed by atoms with van der Waals surface area (Å²) in [6.45, 7) is 1.00. The van der Waals surface area contributed by atoms with Crippen LogP contribution in [-0.2, 0) is 91.5 Å². The van der Waals surface area contributed by atoms with Crippen molar-refractivity contribution in [3.8, 4) is 0 Å². The number of nitrogens with one attached hydrogen (secondary N) is 12. The Hall–Kier alpha value is -9.58. The number of imidazole rings is 1. The number of aromatic nitrogens is 3. The fraction of sp³-hybridized carbons (Fsp3) is 0.532. The molecule has 0 unspecified atom stereocenters. The lowest BCUT2D eigenvalue weighted by Crippen LogP contribution is -2.61. The quantitative estimate of drug-likeness (QED) is 0.0125. The van der Waals surface area contributed by atoms with Crippen molar-refractivity contribution in [2.45, 2.75) is 152 Å². The van der Waals surface area contributed by atoms with E-state index in [0.717, 1.165) is 10.9 Å². The maximum atomic E-state index is 14.7. The molecule has 1 saturated heterocycles. The van der Waals surface area contributed by atoms with E-state index in [1.165, 1.54) is 12.5 Å². The number of primary amides is 1. The minimum Gasteiger partial charge on any atom is -0.377 e.